The summed E-state index contributed by atoms with van der Waals surface area (Å²) in [6.07, 6.45) is 0. The van der Waals surface area contributed by atoms with Crippen LogP contribution in [0.3, 0.4) is 0 Å². The summed E-state index contributed by atoms with van der Waals surface area (Å²) in [5, 5.41) is 11.7. The molecule has 0 aliphatic carbocycles. The number of rotatable bonds is 3. The lowest BCUT2D eigenvalue weighted by molar-refractivity contribution is 0.529. The summed E-state index contributed by atoms with van der Waals surface area (Å²) in [4.78, 5) is 0. The van der Waals surface area contributed by atoms with E-state index >= 15 is 0 Å². The van der Waals surface area contributed by atoms with Gasteiger partial charge < -0.3 is 0 Å². The molecule has 0 N–H and O–H groups in total. The van der Waals surface area contributed by atoms with Crippen molar-refractivity contribution in [2.24, 2.45) is 0 Å². The van der Waals surface area contributed by atoms with E-state index in [-0.39, 0.29) is 12.1 Å². The Kier molecular flexibility index (Phi) is 3.62. The molecule has 1 aromatic heterocycles. The minimum Gasteiger partial charge on any atom is -0.221 e. The first-order valence-corrected chi connectivity index (χ1v) is 6.48. The number of benzene rings is 2. The Labute approximate surface area is 124 Å². The van der Waals surface area contributed by atoms with Crippen molar-refractivity contribution in [3.8, 4) is 11.4 Å². The van der Waals surface area contributed by atoms with Crippen molar-refractivity contribution in [2.45, 2.75) is 6.54 Å². The lowest BCUT2D eigenvalue weighted by Crippen LogP contribution is -2.08. The van der Waals surface area contributed by atoms with Crippen molar-refractivity contribution in [2.75, 3.05) is 0 Å². The van der Waals surface area contributed by atoms with Crippen LogP contribution in [-0.4, -0.2) is 20.2 Å². The van der Waals surface area contributed by atoms with Gasteiger partial charge in [-0.15, -0.1) is 5.10 Å². The van der Waals surface area contributed by atoms with Gasteiger partial charge in [0.2, 0.25) is 0 Å². The second kappa shape index (κ2) is 5.57. The first-order chi connectivity index (χ1) is 10.2. The van der Waals surface area contributed by atoms with Gasteiger partial charge in [-0.25, -0.2) is 13.5 Å². The maximum Gasteiger partial charge on any atom is 0.183 e. The maximum atomic E-state index is 13.7. The highest BCUT2D eigenvalue weighted by molar-refractivity contribution is 6.33. The predicted octanol–water partition coefficient (Wildman–Crippen LogP) is 3.32. The quantitative estimate of drug-likeness (QED) is 0.745. The summed E-state index contributed by atoms with van der Waals surface area (Å²) in [6, 6.07) is 10.7. The molecule has 0 spiro atoms. The molecule has 0 aliphatic rings. The van der Waals surface area contributed by atoms with Gasteiger partial charge in [-0.3, -0.25) is 0 Å². The Hall–Kier alpha value is -2.34. The molecule has 3 aromatic rings. The highest BCUT2D eigenvalue weighted by Gasteiger charge is 2.15. The van der Waals surface area contributed by atoms with Gasteiger partial charge in [-0.1, -0.05) is 29.8 Å². The fourth-order valence-electron chi connectivity index (χ4n) is 1.98. The summed E-state index contributed by atoms with van der Waals surface area (Å²) in [5.41, 5.74) is 0.499. The molecule has 0 fully saturated rings. The summed E-state index contributed by atoms with van der Waals surface area (Å²) in [6.45, 7) is -0.119. The lowest BCUT2D eigenvalue weighted by atomic mass is 10.2. The molecule has 106 valence electrons. The van der Waals surface area contributed by atoms with Gasteiger partial charge in [0.25, 0.3) is 0 Å². The van der Waals surface area contributed by atoms with E-state index in [1.165, 1.54) is 22.9 Å². The molecular weight excluding hydrogens is 298 g/mol. The summed E-state index contributed by atoms with van der Waals surface area (Å²) < 4.78 is 28.7. The predicted molar refractivity (Wildman–Crippen MR) is 73.7 cm³/mol. The van der Waals surface area contributed by atoms with Crippen LogP contribution in [0.5, 0.6) is 0 Å². The Balaban J connectivity index is 2.03. The molecule has 7 heteroatoms. The highest BCUT2D eigenvalue weighted by atomic mass is 35.5. The zero-order valence-electron chi connectivity index (χ0n) is 10.7. The Bertz CT molecular complexity index is 768. The molecular formula is C14H9ClF2N4. The maximum absolute atomic E-state index is 13.7. The molecule has 0 atom stereocenters. The van der Waals surface area contributed by atoms with Crippen LogP contribution in [-0.2, 0) is 6.54 Å². The third kappa shape index (κ3) is 2.62. The standard InChI is InChI=1S/C14H9ClF2N4/c15-11-5-2-1-4-9(11)14-18-19-20-21(14)8-10-12(16)6-3-7-13(10)17/h1-7H,8H2. The van der Waals surface area contributed by atoms with Crippen molar-refractivity contribution >= 4 is 11.6 Å². The van der Waals surface area contributed by atoms with Crippen molar-refractivity contribution in [1.82, 2.24) is 20.2 Å². The third-order valence-corrected chi connectivity index (χ3v) is 3.35. The number of aromatic nitrogens is 4. The van der Waals surface area contributed by atoms with E-state index in [2.05, 4.69) is 15.5 Å². The molecule has 0 amide bonds. The van der Waals surface area contributed by atoms with Crippen LogP contribution in [0.25, 0.3) is 11.4 Å². The fraction of sp³-hybridized carbons (Fsp3) is 0.0714. The summed E-state index contributed by atoms with van der Waals surface area (Å²) in [5.74, 6) is -0.936. The van der Waals surface area contributed by atoms with Crippen LogP contribution >= 0.6 is 11.6 Å². The molecule has 0 saturated heterocycles. The zero-order chi connectivity index (χ0) is 14.8. The van der Waals surface area contributed by atoms with Crippen LogP contribution in [0.15, 0.2) is 42.5 Å². The number of nitrogens with zero attached hydrogens (tertiary/aromatic N) is 4. The van der Waals surface area contributed by atoms with Gasteiger partial charge >= 0.3 is 0 Å². The molecule has 0 radical (unpaired) electrons. The largest absolute Gasteiger partial charge is 0.221 e. The molecule has 1 heterocycles. The smallest absolute Gasteiger partial charge is 0.183 e. The zero-order valence-corrected chi connectivity index (χ0v) is 11.4. The van der Waals surface area contributed by atoms with Crippen molar-refractivity contribution < 1.29 is 8.78 Å². The van der Waals surface area contributed by atoms with Crippen LogP contribution in [0.4, 0.5) is 8.78 Å². The van der Waals surface area contributed by atoms with E-state index in [0.29, 0.717) is 16.4 Å². The molecule has 0 aliphatic heterocycles. The Morgan fingerprint density at radius 3 is 2.43 bits per heavy atom. The molecule has 4 nitrogen and oxygen atoms in total. The number of halogens is 3. The number of hydrogen-bond acceptors (Lipinski definition) is 3. The molecule has 0 unspecified atom stereocenters. The Morgan fingerprint density at radius 2 is 1.71 bits per heavy atom. The number of hydrogen-bond donors (Lipinski definition) is 0. The normalized spacial score (nSPS) is 10.8. The summed E-state index contributed by atoms with van der Waals surface area (Å²) in [7, 11) is 0. The van der Waals surface area contributed by atoms with Gasteiger partial charge in [0.05, 0.1) is 11.6 Å². The van der Waals surface area contributed by atoms with Crippen LogP contribution in [0, 0.1) is 11.6 Å². The fourth-order valence-corrected chi connectivity index (χ4v) is 2.20. The van der Waals surface area contributed by atoms with Gasteiger partial charge in [0, 0.05) is 11.1 Å². The highest BCUT2D eigenvalue weighted by Crippen LogP contribution is 2.26. The first kappa shape index (κ1) is 13.6. The van der Waals surface area contributed by atoms with Crippen LogP contribution in [0.2, 0.25) is 5.02 Å². The average Bonchev–Trinajstić information content (AvgIpc) is 2.92. The van der Waals surface area contributed by atoms with E-state index in [1.807, 2.05) is 0 Å². The first-order valence-electron chi connectivity index (χ1n) is 6.11. The molecule has 21 heavy (non-hydrogen) atoms. The molecule has 3 rings (SSSR count). The van der Waals surface area contributed by atoms with E-state index in [1.54, 1.807) is 24.3 Å². The SMILES string of the molecule is Fc1cccc(F)c1Cn1nnnc1-c1ccccc1Cl. The topological polar surface area (TPSA) is 43.6 Å². The van der Waals surface area contributed by atoms with Crippen LogP contribution < -0.4 is 0 Å². The van der Waals surface area contributed by atoms with E-state index < -0.39 is 11.6 Å². The molecule has 0 saturated carbocycles. The Morgan fingerprint density at radius 1 is 1.00 bits per heavy atom. The third-order valence-electron chi connectivity index (χ3n) is 3.02. The van der Waals surface area contributed by atoms with Gasteiger partial charge in [-0.05, 0) is 34.7 Å². The van der Waals surface area contributed by atoms with Gasteiger partial charge in [0.15, 0.2) is 5.82 Å². The minimum absolute atomic E-state index is 0.0990. The second-order valence-corrected chi connectivity index (χ2v) is 4.75. The van der Waals surface area contributed by atoms with E-state index in [9.17, 15) is 8.78 Å². The van der Waals surface area contributed by atoms with Crippen molar-refractivity contribution in [1.29, 1.82) is 0 Å². The minimum atomic E-state index is -0.643. The lowest BCUT2D eigenvalue weighted by Gasteiger charge is -2.07. The van der Waals surface area contributed by atoms with Crippen molar-refractivity contribution in [3.63, 3.8) is 0 Å². The number of tetrazole rings is 1. The van der Waals surface area contributed by atoms with E-state index in [0.717, 1.165) is 0 Å². The molecule has 0 bridgehead atoms. The molecule has 2 aromatic carbocycles. The van der Waals surface area contributed by atoms with Crippen molar-refractivity contribution in [3.05, 3.63) is 64.7 Å². The second-order valence-electron chi connectivity index (χ2n) is 4.34. The van der Waals surface area contributed by atoms with E-state index in [4.69, 9.17) is 11.6 Å². The average molecular weight is 307 g/mol. The summed E-state index contributed by atoms with van der Waals surface area (Å²) >= 11 is 6.10. The van der Waals surface area contributed by atoms with Gasteiger partial charge in [0.1, 0.15) is 11.6 Å². The monoisotopic (exact) mass is 306 g/mol. The van der Waals surface area contributed by atoms with Crippen LogP contribution in [0.1, 0.15) is 5.56 Å². The van der Waals surface area contributed by atoms with Gasteiger partial charge in [-0.2, -0.15) is 0 Å².